The molecule has 0 aromatic heterocycles. The van der Waals surface area contributed by atoms with Gasteiger partial charge in [-0.1, -0.05) is 0 Å². The van der Waals surface area contributed by atoms with Gasteiger partial charge in [-0.2, -0.15) is 0 Å². The maximum absolute atomic E-state index is 12.1. The van der Waals surface area contributed by atoms with E-state index in [2.05, 4.69) is 0 Å². The van der Waals surface area contributed by atoms with Crippen molar-refractivity contribution in [1.82, 2.24) is 4.90 Å². The predicted molar refractivity (Wildman–Crippen MR) is 59.4 cm³/mol. The van der Waals surface area contributed by atoms with Crippen LogP contribution in [0.5, 0.6) is 0 Å². The molecule has 1 unspecified atom stereocenters. The number of methoxy groups -OCH3 is 1. The Hall–Kier alpha value is -0.610. The van der Waals surface area contributed by atoms with Crippen LogP contribution in [0.15, 0.2) is 0 Å². The smallest absolute Gasteiger partial charge is 0.229 e. The van der Waals surface area contributed by atoms with Crippen LogP contribution in [-0.4, -0.2) is 43.7 Å². The number of carbonyl (C=O) groups excluding carboxylic acids is 1. The van der Waals surface area contributed by atoms with E-state index in [1.165, 1.54) is 0 Å². The van der Waals surface area contributed by atoms with Gasteiger partial charge < -0.3 is 15.4 Å². The molecule has 15 heavy (non-hydrogen) atoms. The highest BCUT2D eigenvalue weighted by Crippen LogP contribution is 2.21. The molecule has 1 saturated heterocycles. The quantitative estimate of drug-likeness (QED) is 0.749. The molecule has 1 aliphatic heterocycles. The van der Waals surface area contributed by atoms with Gasteiger partial charge in [0.15, 0.2) is 0 Å². The van der Waals surface area contributed by atoms with Gasteiger partial charge in [-0.3, -0.25) is 4.79 Å². The number of carbonyl (C=O) groups is 1. The van der Waals surface area contributed by atoms with Crippen LogP contribution in [0.1, 0.15) is 26.7 Å². The third kappa shape index (κ3) is 2.92. The van der Waals surface area contributed by atoms with Gasteiger partial charge in [-0.25, -0.2) is 0 Å². The van der Waals surface area contributed by atoms with Crippen molar-refractivity contribution < 1.29 is 9.53 Å². The van der Waals surface area contributed by atoms with E-state index in [1.807, 2.05) is 18.7 Å². The Kier molecular flexibility index (Phi) is 4.11. The Balaban J connectivity index is 2.60. The summed E-state index contributed by atoms with van der Waals surface area (Å²) in [5.41, 5.74) is 5.15. The van der Waals surface area contributed by atoms with Gasteiger partial charge in [-0.15, -0.1) is 0 Å². The molecule has 4 nitrogen and oxygen atoms in total. The average Bonchev–Trinajstić information content (AvgIpc) is 2.28. The van der Waals surface area contributed by atoms with Gasteiger partial charge >= 0.3 is 0 Å². The Morgan fingerprint density at radius 3 is 2.80 bits per heavy atom. The summed E-state index contributed by atoms with van der Waals surface area (Å²) in [4.78, 5) is 14.0. The lowest BCUT2D eigenvalue weighted by atomic mass is 9.90. The Morgan fingerprint density at radius 2 is 2.27 bits per heavy atom. The number of piperidine rings is 1. The van der Waals surface area contributed by atoms with E-state index in [0.29, 0.717) is 13.1 Å². The molecule has 0 saturated carbocycles. The molecule has 0 spiro atoms. The van der Waals surface area contributed by atoms with Crippen molar-refractivity contribution in [2.24, 2.45) is 11.1 Å². The van der Waals surface area contributed by atoms with Crippen LogP contribution in [0.2, 0.25) is 0 Å². The Morgan fingerprint density at radius 1 is 1.60 bits per heavy atom. The van der Waals surface area contributed by atoms with Crippen LogP contribution in [0, 0.1) is 5.41 Å². The summed E-state index contributed by atoms with van der Waals surface area (Å²) < 4.78 is 5.29. The number of nitrogens with zero attached hydrogens (tertiary/aromatic N) is 1. The lowest BCUT2D eigenvalue weighted by molar-refractivity contribution is -0.143. The molecule has 0 bridgehead atoms. The highest BCUT2D eigenvalue weighted by atomic mass is 16.5. The lowest BCUT2D eigenvalue weighted by Gasteiger charge is -2.36. The molecule has 1 heterocycles. The van der Waals surface area contributed by atoms with Crippen molar-refractivity contribution in [2.75, 3.05) is 26.7 Å². The molecular weight excluding hydrogens is 192 g/mol. The lowest BCUT2D eigenvalue weighted by Crippen LogP contribution is -2.50. The summed E-state index contributed by atoms with van der Waals surface area (Å²) in [5.74, 6) is 0.145. The van der Waals surface area contributed by atoms with E-state index in [9.17, 15) is 4.79 Å². The summed E-state index contributed by atoms with van der Waals surface area (Å²) >= 11 is 0. The first kappa shape index (κ1) is 12.5. The number of hydrogen-bond acceptors (Lipinski definition) is 3. The molecule has 88 valence electrons. The van der Waals surface area contributed by atoms with Crippen molar-refractivity contribution in [1.29, 1.82) is 0 Å². The van der Waals surface area contributed by atoms with Crippen LogP contribution in [0.25, 0.3) is 0 Å². The molecule has 2 N–H and O–H groups in total. The monoisotopic (exact) mass is 214 g/mol. The first-order valence-electron chi connectivity index (χ1n) is 5.53. The Labute approximate surface area is 91.8 Å². The van der Waals surface area contributed by atoms with Crippen molar-refractivity contribution in [2.45, 2.75) is 32.8 Å². The molecule has 1 atom stereocenters. The first-order valence-corrected chi connectivity index (χ1v) is 5.53. The third-order valence-corrected chi connectivity index (χ3v) is 3.09. The standard InChI is InChI=1S/C11H22N2O2/c1-11(2,8-12)10(14)13-6-4-5-9(7-13)15-3/h9H,4-8,12H2,1-3H3. The van der Waals surface area contributed by atoms with Crippen LogP contribution in [-0.2, 0) is 9.53 Å². The van der Waals surface area contributed by atoms with Gasteiger partial charge in [0.1, 0.15) is 0 Å². The zero-order valence-electron chi connectivity index (χ0n) is 9.95. The molecule has 1 aliphatic rings. The molecule has 0 aliphatic carbocycles. The topological polar surface area (TPSA) is 55.6 Å². The fourth-order valence-corrected chi connectivity index (χ4v) is 1.83. The number of hydrogen-bond donors (Lipinski definition) is 1. The van der Waals surface area contributed by atoms with Crippen molar-refractivity contribution in [3.8, 4) is 0 Å². The number of rotatable bonds is 3. The van der Waals surface area contributed by atoms with E-state index >= 15 is 0 Å². The molecule has 4 heteroatoms. The zero-order chi connectivity index (χ0) is 11.5. The normalized spacial score (nSPS) is 22.9. The number of nitrogens with two attached hydrogens (primary N) is 1. The second kappa shape index (κ2) is 4.94. The largest absolute Gasteiger partial charge is 0.380 e. The van der Waals surface area contributed by atoms with E-state index in [1.54, 1.807) is 7.11 Å². The number of ether oxygens (including phenoxy) is 1. The van der Waals surface area contributed by atoms with Crippen LogP contribution in [0.3, 0.4) is 0 Å². The minimum Gasteiger partial charge on any atom is -0.380 e. The van der Waals surface area contributed by atoms with Crippen LogP contribution in [0.4, 0.5) is 0 Å². The Bertz CT molecular complexity index is 229. The van der Waals surface area contributed by atoms with Gasteiger partial charge in [0, 0.05) is 26.7 Å². The maximum atomic E-state index is 12.1. The highest BCUT2D eigenvalue weighted by Gasteiger charge is 2.33. The summed E-state index contributed by atoms with van der Waals surface area (Å²) in [6.07, 6.45) is 2.25. The summed E-state index contributed by atoms with van der Waals surface area (Å²) in [5, 5.41) is 0. The van der Waals surface area contributed by atoms with Crippen LogP contribution >= 0.6 is 0 Å². The van der Waals surface area contributed by atoms with Crippen molar-refractivity contribution >= 4 is 5.91 Å². The fraction of sp³-hybridized carbons (Fsp3) is 0.909. The van der Waals surface area contributed by atoms with E-state index in [4.69, 9.17) is 10.5 Å². The second-order valence-electron chi connectivity index (χ2n) is 4.84. The first-order chi connectivity index (χ1) is 7.01. The number of likely N-dealkylation sites (tertiary alicyclic amines) is 1. The van der Waals surface area contributed by atoms with E-state index in [0.717, 1.165) is 19.4 Å². The summed E-state index contributed by atoms with van der Waals surface area (Å²) in [6.45, 7) is 5.72. The van der Waals surface area contributed by atoms with Gasteiger partial charge in [0.2, 0.25) is 5.91 Å². The molecular formula is C11H22N2O2. The molecule has 1 rings (SSSR count). The molecule has 1 fully saturated rings. The maximum Gasteiger partial charge on any atom is 0.229 e. The molecule has 0 aromatic carbocycles. The van der Waals surface area contributed by atoms with Gasteiger partial charge in [0.25, 0.3) is 0 Å². The number of amides is 1. The second-order valence-corrected chi connectivity index (χ2v) is 4.84. The minimum atomic E-state index is -0.449. The van der Waals surface area contributed by atoms with Crippen LogP contribution < -0.4 is 5.73 Å². The zero-order valence-corrected chi connectivity index (χ0v) is 9.95. The fourth-order valence-electron chi connectivity index (χ4n) is 1.83. The van der Waals surface area contributed by atoms with Crippen molar-refractivity contribution in [3.63, 3.8) is 0 Å². The van der Waals surface area contributed by atoms with Gasteiger partial charge in [0.05, 0.1) is 11.5 Å². The molecule has 0 aromatic rings. The minimum absolute atomic E-state index is 0.145. The molecule has 0 radical (unpaired) electrons. The SMILES string of the molecule is COC1CCCN(C(=O)C(C)(C)CN)C1. The van der Waals surface area contributed by atoms with Crippen molar-refractivity contribution in [3.05, 3.63) is 0 Å². The third-order valence-electron chi connectivity index (χ3n) is 3.09. The summed E-state index contributed by atoms with van der Waals surface area (Å²) in [6, 6.07) is 0. The summed E-state index contributed by atoms with van der Waals surface area (Å²) in [7, 11) is 1.70. The van der Waals surface area contributed by atoms with E-state index in [-0.39, 0.29) is 12.0 Å². The van der Waals surface area contributed by atoms with Gasteiger partial charge in [-0.05, 0) is 26.7 Å². The molecule has 1 amide bonds. The average molecular weight is 214 g/mol. The highest BCUT2D eigenvalue weighted by molar-refractivity contribution is 5.82. The predicted octanol–water partition coefficient (Wildman–Crippen LogP) is 0.609. The van der Waals surface area contributed by atoms with E-state index < -0.39 is 5.41 Å².